The number of hydrogen-bond acceptors (Lipinski definition) is 4. The van der Waals surface area contributed by atoms with Crippen LogP contribution in [0.5, 0.6) is 5.75 Å². The molecular formula is C24H31N5O2. The molecule has 0 saturated carbocycles. The first-order valence-corrected chi connectivity index (χ1v) is 10.6. The van der Waals surface area contributed by atoms with E-state index in [1.807, 2.05) is 48.1 Å². The topological polar surface area (TPSA) is 72.7 Å². The van der Waals surface area contributed by atoms with Gasteiger partial charge in [-0.2, -0.15) is 5.10 Å². The molecule has 7 nitrogen and oxygen atoms in total. The largest absolute Gasteiger partial charge is 0.497 e. The number of methoxy groups -OCH3 is 1. The van der Waals surface area contributed by atoms with E-state index in [4.69, 9.17) is 14.5 Å². The molecule has 0 aliphatic rings. The van der Waals surface area contributed by atoms with Crippen LogP contribution in [0.15, 0.2) is 72.0 Å². The maximum atomic E-state index is 5.42. The summed E-state index contributed by atoms with van der Waals surface area (Å²) < 4.78 is 12.5. The van der Waals surface area contributed by atoms with Gasteiger partial charge in [0.1, 0.15) is 5.75 Å². The van der Waals surface area contributed by atoms with E-state index >= 15 is 0 Å². The lowest BCUT2D eigenvalue weighted by Crippen LogP contribution is -2.37. The van der Waals surface area contributed by atoms with E-state index in [9.17, 15) is 0 Å². The normalized spacial score (nSPS) is 11.4. The first-order valence-electron chi connectivity index (χ1n) is 10.6. The van der Waals surface area contributed by atoms with Gasteiger partial charge in [-0.05, 0) is 54.8 Å². The van der Waals surface area contributed by atoms with E-state index in [0.29, 0.717) is 13.1 Å². The molecule has 0 spiro atoms. The van der Waals surface area contributed by atoms with Crippen molar-refractivity contribution in [3.05, 3.63) is 78.1 Å². The Kier molecular flexibility index (Phi) is 8.94. The smallest absolute Gasteiger partial charge is 0.191 e. The molecule has 164 valence electrons. The van der Waals surface area contributed by atoms with Crippen LogP contribution >= 0.6 is 0 Å². The van der Waals surface area contributed by atoms with E-state index in [1.165, 1.54) is 5.56 Å². The van der Waals surface area contributed by atoms with Crippen molar-refractivity contribution in [1.82, 2.24) is 20.4 Å². The van der Waals surface area contributed by atoms with Crippen LogP contribution in [-0.4, -0.2) is 42.6 Å². The van der Waals surface area contributed by atoms with Crippen LogP contribution in [0.1, 0.15) is 24.5 Å². The molecule has 2 N–H and O–H groups in total. The molecule has 0 aliphatic carbocycles. The fraction of sp³-hybridized carbons (Fsp3) is 0.333. The Balaban J connectivity index is 1.58. The second kappa shape index (κ2) is 12.4. The Bertz CT molecular complexity index is 906. The summed E-state index contributed by atoms with van der Waals surface area (Å²) in [5, 5.41) is 11.1. The highest BCUT2D eigenvalue weighted by molar-refractivity contribution is 5.79. The summed E-state index contributed by atoms with van der Waals surface area (Å²) in [6, 6.07) is 18.2. The number of hydrogen-bond donors (Lipinski definition) is 2. The van der Waals surface area contributed by atoms with Crippen molar-refractivity contribution in [1.29, 1.82) is 0 Å². The Morgan fingerprint density at radius 1 is 1.03 bits per heavy atom. The molecule has 0 fully saturated rings. The number of nitrogens with one attached hydrogen (secondary N) is 2. The average molecular weight is 422 g/mol. The first kappa shape index (κ1) is 22.4. The third-order valence-electron chi connectivity index (χ3n) is 4.71. The van der Waals surface area contributed by atoms with Crippen molar-refractivity contribution in [3.8, 4) is 11.4 Å². The molecule has 3 aromatic rings. The maximum Gasteiger partial charge on any atom is 0.191 e. The van der Waals surface area contributed by atoms with Crippen molar-refractivity contribution >= 4 is 5.96 Å². The van der Waals surface area contributed by atoms with Gasteiger partial charge in [0.05, 0.1) is 19.3 Å². The van der Waals surface area contributed by atoms with E-state index in [-0.39, 0.29) is 0 Å². The molecule has 0 bridgehead atoms. The second-order valence-electron chi connectivity index (χ2n) is 6.96. The van der Waals surface area contributed by atoms with Gasteiger partial charge in [-0.15, -0.1) is 0 Å². The molecular weight excluding hydrogens is 390 g/mol. The SMILES string of the molecule is CCOCCCNC(=NCc1ccc(OC)cc1)NCc1ccc(-n2cccn2)cc1. The summed E-state index contributed by atoms with van der Waals surface area (Å²) in [6.07, 6.45) is 4.64. The lowest BCUT2D eigenvalue weighted by Gasteiger charge is -2.13. The molecule has 0 atom stereocenters. The predicted molar refractivity (Wildman–Crippen MR) is 124 cm³/mol. The van der Waals surface area contributed by atoms with Gasteiger partial charge in [0.15, 0.2) is 5.96 Å². The molecule has 0 unspecified atom stereocenters. The minimum absolute atomic E-state index is 0.586. The third-order valence-corrected chi connectivity index (χ3v) is 4.71. The van der Waals surface area contributed by atoms with Gasteiger partial charge in [-0.3, -0.25) is 0 Å². The molecule has 1 heterocycles. The number of aliphatic imine (C=N–C) groups is 1. The lowest BCUT2D eigenvalue weighted by atomic mass is 10.2. The van der Waals surface area contributed by atoms with E-state index in [2.05, 4.69) is 40.0 Å². The zero-order valence-corrected chi connectivity index (χ0v) is 18.3. The van der Waals surface area contributed by atoms with Crippen LogP contribution in [0.4, 0.5) is 0 Å². The van der Waals surface area contributed by atoms with Crippen molar-refractivity contribution in [2.75, 3.05) is 26.9 Å². The molecule has 0 radical (unpaired) electrons. The quantitative estimate of drug-likeness (QED) is 0.281. The summed E-state index contributed by atoms with van der Waals surface area (Å²) in [5.74, 6) is 1.63. The van der Waals surface area contributed by atoms with Crippen LogP contribution in [0.3, 0.4) is 0 Å². The number of aromatic nitrogens is 2. The Morgan fingerprint density at radius 3 is 2.48 bits per heavy atom. The van der Waals surface area contributed by atoms with E-state index in [0.717, 1.165) is 49.1 Å². The van der Waals surface area contributed by atoms with Crippen LogP contribution in [0.2, 0.25) is 0 Å². The van der Waals surface area contributed by atoms with Crippen LogP contribution in [0.25, 0.3) is 5.69 Å². The monoisotopic (exact) mass is 421 g/mol. The highest BCUT2D eigenvalue weighted by Gasteiger charge is 2.02. The number of benzene rings is 2. The zero-order chi connectivity index (χ0) is 21.7. The Hall–Kier alpha value is -3.32. The van der Waals surface area contributed by atoms with Gasteiger partial charge in [0.25, 0.3) is 0 Å². The van der Waals surface area contributed by atoms with Gasteiger partial charge in [-0.25, -0.2) is 9.67 Å². The van der Waals surface area contributed by atoms with Crippen molar-refractivity contribution in [2.24, 2.45) is 4.99 Å². The Labute approximate surface area is 184 Å². The van der Waals surface area contributed by atoms with Crippen molar-refractivity contribution < 1.29 is 9.47 Å². The maximum absolute atomic E-state index is 5.42. The highest BCUT2D eigenvalue weighted by Crippen LogP contribution is 2.12. The molecule has 31 heavy (non-hydrogen) atoms. The van der Waals surface area contributed by atoms with Crippen molar-refractivity contribution in [2.45, 2.75) is 26.4 Å². The molecule has 0 amide bonds. The summed E-state index contributed by atoms with van der Waals surface area (Å²) in [5.41, 5.74) is 3.33. The zero-order valence-electron chi connectivity index (χ0n) is 18.3. The first-order chi connectivity index (χ1) is 15.3. The fourth-order valence-electron chi connectivity index (χ4n) is 2.97. The van der Waals surface area contributed by atoms with Crippen LogP contribution in [-0.2, 0) is 17.8 Å². The summed E-state index contributed by atoms with van der Waals surface area (Å²) in [6.45, 7) is 5.55. The third kappa shape index (κ3) is 7.46. The minimum Gasteiger partial charge on any atom is -0.497 e. The summed E-state index contributed by atoms with van der Waals surface area (Å²) in [4.78, 5) is 4.74. The lowest BCUT2D eigenvalue weighted by molar-refractivity contribution is 0.145. The van der Waals surface area contributed by atoms with Gasteiger partial charge in [0, 0.05) is 38.7 Å². The fourth-order valence-corrected chi connectivity index (χ4v) is 2.97. The number of guanidine groups is 1. The van der Waals surface area contributed by atoms with E-state index in [1.54, 1.807) is 13.3 Å². The average Bonchev–Trinajstić information content (AvgIpc) is 3.36. The summed E-state index contributed by atoms with van der Waals surface area (Å²) in [7, 11) is 1.67. The number of ether oxygens (including phenoxy) is 2. The molecule has 0 aliphatic heterocycles. The molecule has 0 saturated heterocycles. The Morgan fingerprint density at radius 2 is 1.81 bits per heavy atom. The van der Waals surface area contributed by atoms with Crippen LogP contribution < -0.4 is 15.4 Å². The van der Waals surface area contributed by atoms with Gasteiger partial charge in [-0.1, -0.05) is 24.3 Å². The standard InChI is InChI=1S/C24H31N5O2/c1-3-31-17-5-14-25-24(27-19-21-8-12-23(30-2)13-9-21)26-18-20-6-10-22(11-7-20)29-16-4-15-28-29/h4,6-13,15-16H,3,5,14,17-19H2,1-2H3,(H2,25,26,27). The van der Waals surface area contributed by atoms with Gasteiger partial charge < -0.3 is 20.1 Å². The minimum atomic E-state index is 0.586. The van der Waals surface area contributed by atoms with Gasteiger partial charge in [0.2, 0.25) is 0 Å². The van der Waals surface area contributed by atoms with Gasteiger partial charge >= 0.3 is 0 Å². The predicted octanol–water partition coefficient (Wildman–Crippen LogP) is 3.54. The van der Waals surface area contributed by atoms with E-state index < -0.39 is 0 Å². The molecule has 1 aromatic heterocycles. The summed E-state index contributed by atoms with van der Waals surface area (Å²) >= 11 is 0. The highest BCUT2D eigenvalue weighted by atomic mass is 16.5. The van der Waals surface area contributed by atoms with Crippen LogP contribution in [0, 0.1) is 0 Å². The molecule has 7 heteroatoms. The molecule has 3 rings (SSSR count). The molecule has 2 aromatic carbocycles. The second-order valence-corrected chi connectivity index (χ2v) is 6.96. The number of nitrogens with zero attached hydrogens (tertiary/aromatic N) is 3. The van der Waals surface area contributed by atoms with Crippen molar-refractivity contribution in [3.63, 3.8) is 0 Å². The number of rotatable bonds is 11.